The summed E-state index contributed by atoms with van der Waals surface area (Å²) in [7, 11) is 2.03. The molecular formula is C13H25N3. The fourth-order valence-corrected chi connectivity index (χ4v) is 1.29. The maximum Gasteiger partial charge on any atom is 0.0324 e. The highest BCUT2D eigenvalue weighted by Crippen LogP contribution is 2.01. The summed E-state index contributed by atoms with van der Waals surface area (Å²) < 4.78 is 0. The molecule has 0 unspecified atom stereocenters. The molecular weight excluding hydrogens is 198 g/mol. The molecule has 0 saturated carbocycles. The monoisotopic (exact) mass is 223 g/mol. The lowest BCUT2D eigenvalue weighted by Gasteiger charge is -2.20. The molecule has 16 heavy (non-hydrogen) atoms. The van der Waals surface area contributed by atoms with Gasteiger partial charge in [0.05, 0.1) is 0 Å². The fourth-order valence-electron chi connectivity index (χ4n) is 1.29. The minimum atomic E-state index is 0.539. The highest BCUT2D eigenvalue weighted by molar-refractivity contribution is 5.07. The van der Waals surface area contributed by atoms with E-state index in [2.05, 4.69) is 30.0 Å². The molecule has 0 rings (SSSR count). The summed E-state index contributed by atoms with van der Waals surface area (Å²) in [6, 6.07) is 0. The largest absolute Gasteiger partial charge is 0.386 e. The Kier molecular flexibility index (Phi) is 8.35. The van der Waals surface area contributed by atoms with Gasteiger partial charge < -0.3 is 16.0 Å². The number of rotatable bonds is 10. The van der Waals surface area contributed by atoms with Crippen LogP contribution in [0.25, 0.3) is 0 Å². The van der Waals surface area contributed by atoms with Crippen molar-refractivity contribution < 1.29 is 0 Å². The van der Waals surface area contributed by atoms with E-state index >= 15 is 0 Å². The van der Waals surface area contributed by atoms with Gasteiger partial charge in [-0.2, -0.15) is 0 Å². The van der Waals surface area contributed by atoms with E-state index in [9.17, 15) is 0 Å². The van der Waals surface area contributed by atoms with Gasteiger partial charge in [-0.05, 0) is 25.3 Å². The van der Waals surface area contributed by atoms with Crippen LogP contribution in [0.3, 0.4) is 0 Å². The third-order valence-electron chi connectivity index (χ3n) is 2.54. The molecule has 0 aliphatic rings. The van der Waals surface area contributed by atoms with Gasteiger partial charge in [-0.15, -0.1) is 0 Å². The zero-order valence-corrected chi connectivity index (χ0v) is 10.5. The van der Waals surface area contributed by atoms with E-state index in [-0.39, 0.29) is 0 Å². The van der Waals surface area contributed by atoms with Gasteiger partial charge in [0, 0.05) is 38.1 Å². The van der Waals surface area contributed by atoms with Gasteiger partial charge in [0.2, 0.25) is 0 Å². The zero-order chi connectivity index (χ0) is 12.4. The van der Waals surface area contributed by atoms with Crippen LogP contribution >= 0.6 is 0 Å². The standard InChI is InChI=1S/C13H25N3/c1-5-12(2)15-9-7-6-8-10-16(4)13(3)11-14/h5,15H,1-3,6-11,14H2,4H3. The summed E-state index contributed by atoms with van der Waals surface area (Å²) in [5.74, 6) is 0. The summed E-state index contributed by atoms with van der Waals surface area (Å²) in [4.78, 5) is 2.12. The number of likely N-dealkylation sites (N-methyl/N-ethyl adjacent to an activating group) is 1. The smallest absolute Gasteiger partial charge is 0.0324 e. The van der Waals surface area contributed by atoms with Crippen LogP contribution < -0.4 is 11.1 Å². The van der Waals surface area contributed by atoms with Crippen molar-refractivity contribution in [3.63, 3.8) is 0 Å². The molecule has 0 aliphatic carbocycles. The van der Waals surface area contributed by atoms with E-state index in [0.717, 1.165) is 37.3 Å². The molecule has 0 bridgehead atoms. The van der Waals surface area contributed by atoms with Crippen LogP contribution in [-0.2, 0) is 0 Å². The highest BCUT2D eigenvalue weighted by Gasteiger charge is 1.98. The number of nitrogens with zero attached hydrogens (tertiary/aromatic N) is 1. The van der Waals surface area contributed by atoms with Crippen molar-refractivity contribution in [1.29, 1.82) is 0 Å². The van der Waals surface area contributed by atoms with Crippen LogP contribution in [-0.4, -0.2) is 31.6 Å². The van der Waals surface area contributed by atoms with E-state index in [1.165, 1.54) is 6.42 Å². The van der Waals surface area contributed by atoms with Gasteiger partial charge in [0.25, 0.3) is 0 Å². The molecule has 3 N–H and O–H groups in total. The average Bonchev–Trinajstić information content (AvgIpc) is 2.31. The van der Waals surface area contributed by atoms with Crippen molar-refractivity contribution >= 4 is 0 Å². The lowest BCUT2D eigenvalue weighted by atomic mass is 10.2. The Balaban J connectivity index is 3.36. The second-order valence-electron chi connectivity index (χ2n) is 3.91. The summed E-state index contributed by atoms with van der Waals surface area (Å²) in [6.45, 7) is 13.8. The molecule has 0 aromatic carbocycles. The van der Waals surface area contributed by atoms with E-state index < -0.39 is 0 Å². The number of unbranched alkanes of at least 4 members (excludes halogenated alkanes) is 2. The lowest BCUT2D eigenvalue weighted by Crippen LogP contribution is -2.23. The Morgan fingerprint density at radius 3 is 2.56 bits per heavy atom. The molecule has 0 aromatic heterocycles. The molecule has 0 spiro atoms. The Morgan fingerprint density at radius 2 is 2.00 bits per heavy atom. The summed E-state index contributed by atoms with van der Waals surface area (Å²) in [5, 5.41) is 3.19. The molecule has 0 amide bonds. The minimum absolute atomic E-state index is 0.539. The Bertz CT molecular complexity index is 233. The van der Waals surface area contributed by atoms with Crippen LogP contribution in [0.4, 0.5) is 0 Å². The summed E-state index contributed by atoms with van der Waals surface area (Å²) >= 11 is 0. The lowest BCUT2D eigenvalue weighted by molar-refractivity contribution is 0.395. The second-order valence-corrected chi connectivity index (χ2v) is 3.91. The second kappa shape index (κ2) is 9.04. The van der Waals surface area contributed by atoms with Gasteiger partial charge >= 0.3 is 0 Å². The normalized spacial score (nSPS) is 9.62. The van der Waals surface area contributed by atoms with Crippen molar-refractivity contribution in [3.8, 4) is 0 Å². The molecule has 3 nitrogen and oxygen atoms in total. The highest BCUT2D eigenvalue weighted by atomic mass is 15.1. The number of nitrogens with one attached hydrogen (secondary N) is 1. The predicted molar refractivity (Wildman–Crippen MR) is 72.0 cm³/mol. The molecule has 0 fully saturated rings. The molecule has 92 valence electrons. The average molecular weight is 223 g/mol. The van der Waals surface area contributed by atoms with E-state index in [1.807, 2.05) is 7.05 Å². The van der Waals surface area contributed by atoms with Gasteiger partial charge in [0.1, 0.15) is 0 Å². The number of allylic oxidation sites excluding steroid dienone is 1. The van der Waals surface area contributed by atoms with Crippen molar-refractivity contribution in [3.05, 3.63) is 37.2 Å². The maximum absolute atomic E-state index is 5.50. The molecule has 0 atom stereocenters. The first-order valence-electron chi connectivity index (χ1n) is 5.76. The molecule has 0 radical (unpaired) electrons. The first-order chi connectivity index (χ1) is 7.61. The summed E-state index contributed by atoms with van der Waals surface area (Å²) in [5.41, 5.74) is 7.40. The van der Waals surface area contributed by atoms with Gasteiger partial charge in [-0.25, -0.2) is 0 Å². The zero-order valence-electron chi connectivity index (χ0n) is 10.5. The Hall–Kier alpha value is -1.22. The van der Waals surface area contributed by atoms with Crippen LogP contribution in [0.15, 0.2) is 37.2 Å². The van der Waals surface area contributed by atoms with Crippen LogP contribution in [0.1, 0.15) is 19.3 Å². The van der Waals surface area contributed by atoms with E-state index in [4.69, 9.17) is 5.73 Å². The van der Waals surface area contributed by atoms with Gasteiger partial charge in [-0.1, -0.05) is 19.7 Å². The first-order valence-corrected chi connectivity index (χ1v) is 5.76. The van der Waals surface area contributed by atoms with Gasteiger partial charge in [0.15, 0.2) is 0 Å². The molecule has 0 aliphatic heterocycles. The number of hydrogen-bond donors (Lipinski definition) is 2. The molecule has 0 saturated heterocycles. The summed E-state index contributed by atoms with van der Waals surface area (Å²) in [6.07, 6.45) is 5.24. The molecule has 0 heterocycles. The van der Waals surface area contributed by atoms with E-state index in [1.54, 1.807) is 6.08 Å². The number of hydrogen-bond acceptors (Lipinski definition) is 3. The van der Waals surface area contributed by atoms with Crippen LogP contribution in [0, 0.1) is 0 Å². The Labute approximate surface area is 99.7 Å². The quantitative estimate of drug-likeness (QED) is 0.439. The fraction of sp³-hybridized carbons (Fsp3) is 0.538. The number of nitrogens with two attached hydrogens (primary N) is 1. The third-order valence-corrected chi connectivity index (χ3v) is 2.54. The topological polar surface area (TPSA) is 41.3 Å². The SMILES string of the molecule is C=CC(=C)NCCCCCN(C)C(=C)CN. The van der Waals surface area contributed by atoms with Crippen molar-refractivity contribution in [1.82, 2.24) is 10.2 Å². The maximum atomic E-state index is 5.50. The third kappa shape index (κ3) is 7.12. The van der Waals surface area contributed by atoms with Crippen molar-refractivity contribution in [2.45, 2.75) is 19.3 Å². The minimum Gasteiger partial charge on any atom is -0.386 e. The van der Waals surface area contributed by atoms with Gasteiger partial charge in [-0.3, -0.25) is 0 Å². The van der Waals surface area contributed by atoms with E-state index in [0.29, 0.717) is 6.54 Å². The Morgan fingerprint density at radius 1 is 1.31 bits per heavy atom. The molecule has 0 aromatic rings. The predicted octanol–water partition coefficient (Wildman–Crippen LogP) is 1.85. The molecule has 3 heteroatoms. The van der Waals surface area contributed by atoms with Crippen molar-refractivity contribution in [2.75, 3.05) is 26.7 Å². The van der Waals surface area contributed by atoms with Crippen LogP contribution in [0.5, 0.6) is 0 Å². The van der Waals surface area contributed by atoms with Crippen molar-refractivity contribution in [2.24, 2.45) is 5.73 Å². The van der Waals surface area contributed by atoms with Crippen LogP contribution in [0.2, 0.25) is 0 Å². The first kappa shape index (κ1) is 14.8.